The number of nitrogens with zero attached hydrogens (tertiary/aromatic N) is 4. The van der Waals surface area contributed by atoms with E-state index in [-0.39, 0.29) is 12.4 Å². The molecule has 0 spiro atoms. The van der Waals surface area contributed by atoms with Gasteiger partial charge in [-0.1, -0.05) is 0 Å². The second-order valence-electron chi connectivity index (χ2n) is 6.28. The molecule has 0 aromatic heterocycles. The first-order valence-electron chi connectivity index (χ1n) is 8.50. The molecule has 0 aliphatic carbocycles. The summed E-state index contributed by atoms with van der Waals surface area (Å²) in [5, 5.41) is 3.12. The van der Waals surface area contributed by atoms with Crippen molar-refractivity contribution in [1.82, 2.24) is 15.1 Å². The quantitative estimate of drug-likeness (QED) is 0.485. The van der Waals surface area contributed by atoms with Gasteiger partial charge in [0.05, 0.1) is 6.54 Å². The second kappa shape index (κ2) is 9.07. The van der Waals surface area contributed by atoms with E-state index < -0.39 is 12.7 Å². The Labute approximate surface area is 151 Å². The molecular formula is C17H25F4N5. The van der Waals surface area contributed by atoms with Crippen LogP contribution in [0.2, 0.25) is 0 Å². The van der Waals surface area contributed by atoms with E-state index in [0.717, 1.165) is 31.9 Å². The molecule has 1 aliphatic heterocycles. The first-order valence-corrected chi connectivity index (χ1v) is 8.50. The van der Waals surface area contributed by atoms with Crippen LogP contribution in [0.3, 0.4) is 0 Å². The smallest absolute Gasteiger partial charge is 0.368 e. The van der Waals surface area contributed by atoms with E-state index >= 15 is 0 Å². The average Bonchev–Trinajstić information content (AvgIpc) is 2.58. The van der Waals surface area contributed by atoms with Gasteiger partial charge < -0.3 is 15.1 Å². The van der Waals surface area contributed by atoms with Gasteiger partial charge in [0.2, 0.25) is 0 Å². The maximum Gasteiger partial charge on any atom is 0.401 e. The Hall–Kier alpha value is -2.03. The summed E-state index contributed by atoms with van der Waals surface area (Å²) in [6.45, 7) is 2.72. The van der Waals surface area contributed by atoms with E-state index in [9.17, 15) is 17.6 Å². The monoisotopic (exact) mass is 375 g/mol. The Balaban J connectivity index is 1.77. The van der Waals surface area contributed by atoms with Crippen LogP contribution in [0.1, 0.15) is 0 Å². The zero-order valence-corrected chi connectivity index (χ0v) is 15.1. The number of likely N-dealkylation sites (N-methyl/N-ethyl adjacent to an activating group) is 1. The number of rotatable bonds is 5. The van der Waals surface area contributed by atoms with E-state index in [1.807, 2.05) is 0 Å². The Kier molecular flexibility index (Phi) is 7.07. The zero-order chi connectivity index (χ0) is 19.2. The van der Waals surface area contributed by atoms with Crippen LogP contribution < -0.4 is 10.2 Å². The van der Waals surface area contributed by atoms with Crippen LogP contribution in [0, 0.1) is 5.82 Å². The number of guanidine groups is 1. The summed E-state index contributed by atoms with van der Waals surface area (Å²) in [4.78, 5) is 9.68. The molecule has 0 bridgehead atoms. The number of hydrogen-bond donors (Lipinski definition) is 1. The number of anilines is 1. The fourth-order valence-corrected chi connectivity index (χ4v) is 2.90. The fraction of sp³-hybridized carbons (Fsp3) is 0.588. The number of halogens is 4. The molecule has 0 radical (unpaired) electrons. The summed E-state index contributed by atoms with van der Waals surface area (Å²) in [5.74, 6) is 0.427. The molecule has 1 aliphatic rings. The molecule has 5 nitrogen and oxygen atoms in total. The first-order chi connectivity index (χ1) is 12.3. The lowest BCUT2D eigenvalue weighted by atomic mass is 10.2. The van der Waals surface area contributed by atoms with Gasteiger partial charge >= 0.3 is 6.18 Å². The number of alkyl halides is 3. The molecule has 26 heavy (non-hydrogen) atoms. The van der Waals surface area contributed by atoms with Gasteiger partial charge in [0.1, 0.15) is 5.82 Å². The molecule has 1 fully saturated rings. The highest BCUT2D eigenvalue weighted by Crippen LogP contribution is 2.17. The van der Waals surface area contributed by atoms with Gasteiger partial charge in [0.15, 0.2) is 5.96 Å². The van der Waals surface area contributed by atoms with E-state index in [0.29, 0.717) is 12.5 Å². The van der Waals surface area contributed by atoms with Crippen molar-refractivity contribution in [2.75, 3.05) is 64.8 Å². The minimum absolute atomic E-state index is 0.257. The molecule has 146 valence electrons. The lowest BCUT2D eigenvalue weighted by Gasteiger charge is -2.37. The Bertz CT molecular complexity index is 580. The Morgan fingerprint density at radius 1 is 1.15 bits per heavy atom. The van der Waals surface area contributed by atoms with Crippen LogP contribution in [0.25, 0.3) is 0 Å². The third-order valence-electron chi connectivity index (χ3n) is 4.21. The predicted octanol–water partition coefficient (Wildman–Crippen LogP) is 2.02. The molecule has 9 heteroatoms. The van der Waals surface area contributed by atoms with Crippen LogP contribution in [0.15, 0.2) is 29.3 Å². The number of aliphatic imine (C=N–C) groups is 1. The Morgan fingerprint density at radius 2 is 1.77 bits per heavy atom. The van der Waals surface area contributed by atoms with Crippen molar-refractivity contribution in [3.63, 3.8) is 0 Å². The topological polar surface area (TPSA) is 34.1 Å². The van der Waals surface area contributed by atoms with Gasteiger partial charge in [0, 0.05) is 52.0 Å². The van der Waals surface area contributed by atoms with Crippen LogP contribution in [-0.2, 0) is 0 Å². The van der Waals surface area contributed by atoms with Crippen molar-refractivity contribution in [2.45, 2.75) is 6.18 Å². The van der Waals surface area contributed by atoms with Crippen molar-refractivity contribution < 1.29 is 17.6 Å². The molecule has 0 unspecified atom stereocenters. The van der Waals surface area contributed by atoms with E-state index in [1.165, 1.54) is 24.1 Å². The number of hydrogen-bond acceptors (Lipinski definition) is 3. The van der Waals surface area contributed by atoms with Gasteiger partial charge in [-0.25, -0.2) is 4.39 Å². The number of nitrogens with one attached hydrogen (secondary N) is 1. The van der Waals surface area contributed by atoms with Gasteiger partial charge in [0.25, 0.3) is 0 Å². The third-order valence-corrected chi connectivity index (χ3v) is 4.21. The lowest BCUT2D eigenvalue weighted by molar-refractivity contribution is -0.142. The second-order valence-corrected chi connectivity index (χ2v) is 6.28. The van der Waals surface area contributed by atoms with Crippen molar-refractivity contribution in [3.05, 3.63) is 30.1 Å². The molecule has 2 rings (SSSR count). The predicted molar refractivity (Wildman–Crippen MR) is 95.1 cm³/mol. The summed E-state index contributed by atoms with van der Waals surface area (Å²) in [5.41, 5.74) is 0.975. The van der Waals surface area contributed by atoms with Gasteiger partial charge in [-0.3, -0.25) is 9.89 Å². The molecule has 0 saturated carbocycles. The van der Waals surface area contributed by atoms with Gasteiger partial charge in [-0.15, -0.1) is 0 Å². The molecule has 1 saturated heterocycles. The Morgan fingerprint density at radius 3 is 2.31 bits per heavy atom. The summed E-state index contributed by atoms with van der Waals surface area (Å²) in [6.07, 6.45) is -4.19. The van der Waals surface area contributed by atoms with Crippen molar-refractivity contribution in [2.24, 2.45) is 4.99 Å². The van der Waals surface area contributed by atoms with Crippen molar-refractivity contribution in [1.29, 1.82) is 0 Å². The van der Waals surface area contributed by atoms with Gasteiger partial charge in [-0.05, 0) is 31.3 Å². The highest BCUT2D eigenvalue weighted by Gasteiger charge is 2.29. The molecule has 1 heterocycles. The average molecular weight is 375 g/mol. The molecule has 1 aromatic carbocycles. The summed E-state index contributed by atoms with van der Waals surface area (Å²) in [6, 6.07) is 6.41. The maximum atomic E-state index is 13.0. The standard InChI is InChI=1S/C17H25F4N5/c1-22-16(23-7-8-24(2)13-17(19,20)21)26-11-9-25(10-12-26)15-5-3-14(18)4-6-15/h3-6H,7-13H2,1-2H3,(H,22,23). The van der Waals surface area contributed by atoms with E-state index in [4.69, 9.17) is 0 Å². The summed E-state index contributed by atoms with van der Waals surface area (Å²) < 4.78 is 50.0. The van der Waals surface area contributed by atoms with E-state index in [1.54, 1.807) is 19.2 Å². The zero-order valence-electron chi connectivity index (χ0n) is 15.1. The minimum atomic E-state index is -4.19. The molecule has 0 amide bonds. The molecule has 1 aromatic rings. The lowest BCUT2D eigenvalue weighted by Crippen LogP contribution is -2.53. The van der Waals surface area contributed by atoms with Crippen LogP contribution >= 0.6 is 0 Å². The summed E-state index contributed by atoms with van der Waals surface area (Å²) >= 11 is 0. The van der Waals surface area contributed by atoms with Crippen molar-refractivity contribution in [3.8, 4) is 0 Å². The first kappa shape index (κ1) is 20.3. The van der Waals surface area contributed by atoms with Crippen molar-refractivity contribution >= 4 is 11.6 Å². The number of piperazine rings is 1. The van der Waals surface area contributed by atoms with Crippen LogP contribution in [-0.4, -0.2) is 81.8 Å². The van der Waals surface area contributed by atoms with Crippen LogP contribution in [0.4, 0.5) is 23.2 Å². The molecule has 0 atom stereocenters. The normalized spacial score (nSPS) is 16.3. The molecular weight excluding hydrogens is 350 g/mol. The highest BCUT2D eigenvalue weighted by atomic mass is 19.4. The third kappa shape index (κ3) is 6.36. The molecule has 1 N–H and O–H groups in total. The summed E-state index contributed by atoms with van der Waals surface area (Å²) in [7, 11) is 3.10. The van der Waals surface area contributed by atoms with E-state index in [2.05, 4.69) is 20.1 Å². The SMILES string of the molecule is CN=C(NCCN(C)CC(F)(F)F)N1CCN(c2ccc(F)cc2)CC1. The minimum Gasteiger partial charge on any atom is -0.368 e. The maximum absolute atomic E-state index is 13.0. The van der Waals surface area contributed by atoms with Gasteiger partial charge in [-0.2, -0.15) is 13.2 Å². The largest absolute Gasteiger partial charge is 0.401 e. The fourth-order valence-electron chi connectivity index (χ4n) is 2.90. The number of benzene rings is 1. The van der Waals surface area contributed by atoms with Crippen LogP contribution in [0.5, 0.6) is 0 Å². The highest BCUT2D eigenvalue weighted by molar-refractivity contribution is 5.80.